The molecule has 1 aliphatic rings. The van der Waals surface area contributed by atoms with Crippen molar-refractivity contribution in [2.24, 2.45) is 5.92 Å². The van der Waals surface area contributed by atoms with Gasteiger partial charge in [-0.2, -0.15) is 0 Å². The normalized spacial score (nSPS) is 16.6. The lowest BCUT2D eigenvalue weighted by Gasteiger charge is -2.17. The zero-order chi connectivity index (χ0) is 18.7. The number of aromatic nitrogens is 2. The Bertz CT molecular complexity index is 932. The van der Waals surface area contributed by atoms with E-state index in [1.54, 1.807) is 0 Å². The number of nitrogens with zero attached hydrogens (tertiary/aromatic N) is 3. The second-order valence-corrected chi connectivity index (χ2v) is 6.30. The largest absolute Gasteiger partial charge is 0.481 e. The van der Waals surface area contributed by atoms with Gasteiger partial charge in [0.2, 0.25) is 5.91 Å². The third kappa shape index (κ3) is 3.74. The molecule has 8 heteroatoms. The summed E-state index contributed by atoms with van der Waals surface area (Å²) in [5.41, 5.74) is -0.222. The number of amides is 1. The van der Waals surface area contributed by atoms with Crippen LogP contribution in [-0.2, 0) is 22.7 Å². The highest BCUT2D eigenvalue weighted by Crippen LogP contribution is 2.16. The van der Waals surface area contributed by atoms with Gasteiger partial charge in [-0.05, 0) is 12.0 Å². The van der Waals surface area contributed by atoms with Crippen LogP contribution in [0.3, 0.4) is 0 Å². The summed E-state index contributed by atoms with van der Waals surface area (Å²) >= 11 is 0. The molecule has 8 nitrogen and oxygen atoms in total. The number of benzene rings is 1. The second-order valence-electron chi connectivity index (χ2n) is 6.30. The average molecular weight is 357 g/mol. The summed E-state index contributed by atoms with van der Waals surface area (Å²) in [6.07, 6.45) is 1.79. The number of carboxylic acids is 1. The van der Waals surface area contributed by atoms with Crippen molar-refractivity contribution in [2.45, 2.75) is 19.5 Å². The van der Waals surface area contributed by atoms with Crippen molar-refractivity contribution >= 4 is 11.9 Å². The predicted molar refractivity (Wildman–Crippen MR) is 92.8 cm³/mol. The minimum absolute atomic E-state index is 0.105. The highest BCUT2D eigenvalue weighted by Gasteiger charge is 2.31. The van der Waals surface area contributed by atoms with E-state index in [1.807, 2.05) is 30.3 Å². The first-order valence-electron chi connectivity index (χ1n) is 8.30. The third-order valence-electron chi connectivity index (χ3n) is 4.52. The first kappa shape index (κ1) is 17.7. The SMILES string of the molecule is O=C(O)[C@H]1CCN(C(=O)Cn2c(=O)ccn(Cc3ccccc3)c2=O)C1. The monoisotopic (exact) mass is 357 g/mol. The average Bonchev–Trinajstić information content (AvgIpc) is 3.12. The fourth-order valence-corrected chi connectivity index (χ4v) is 3.03. The summed E-state index contributed by atoms with van der Waals surface area (Å²) in [4.78, 5) is 49.4. The van der Waals surface area contributed by atoms with Gasteiger partial charge in [0.1, 0.15) is 6.54 Å². The minimum atomic E-state index is -0.942. The van der Waals surface area contributed by atoms with Crippen LogP contribution in [0.1, 0.15) is 12.0 Å². The maximum absolute atomic E-state index is 12.6. The van der Waals surface area contributed by atoms with E-state index in [4.69, 9.17) is 5.11 Å². The quantitative estimate of drug-likeness (QED) is 0.811. The van der Waals surface area contributed by atoms with Crippen LogP contribution in [0.25, 0.3) is 0 Å². The molecule has 1 aliphatic heterocycles. The van der Waals surface area contributed by atoms with Crippen molar-refractivity contribution in [2.75, 3.05) is 13.1 Å². The van der Waals surface area contributed by atoms with Gasteiger partial charge >= 0.3 is 11.7 Å². The van der Waals surface area contributed by atoms with Crippen molar-refractivity contribution < 1.29 is 14.7 Å². The van der Waals surface area contributed by atoms with Crippen LogP contribution in [0.4, 0.5) is 0 Å². The van der Waals surface area contributed by atoms with Gasteiger partial charge < -0.3 is 10.0 Å². The Balaban J connectivity index is 1.79. The molecule has 0 unspecified atom stereocenters. The van der Waals surface area contributed by atoms with Crippen LogP contribution < -0.4 is 11.2 Å². The standard InChI is InChI=1S/C18H19N3O5/c22-15-7-9-20(10-13-4-2-1-3-5-13)18(26)21(15)12-16(23)19-8-6-14(11-19)17(24)25/h1-5,7,9,14H,6,8,10-12H2,(H,24,25)/t14-/m0/s1. The van der Waals surface area contributed by atoms with E-state index >= 15 is 0 Å². The van der Waals surface area contributed by atoms with Gasteiger partial charge in [-0.3, -0.25) is 23.5 Å². The topological polar surface area (TPSA) is 102 Å². The Labute approximate surface area is 148 Å². The Hall–Kier alpha value is -3.16. The van der Waals surface area contributed by atoms with Crippen LogP contribution in [0.2, 0.25) is 0 Å². The van der Waals surface area contributed by atoms with E-state index in [1.165, 1.54) is 21.7 Å². The number of carboxylic acid groups (broad SMARTS) is 1. The number of aliphatic carboxylic acids is 1. The van der Waals surface area contributed by atoms with Crippen molar-refractivity contribution in [3.05, 3.63) is 69.0 Å². The highest BCUT2D eigenvalue weighted by molar-refractivity contribution is 5.78. The summed E-state index contributed by atoms with van der Waals surface area (Å²) in [6.45, 7) is 0.322. The lowest BCUT2D eigenvalue weighted by molar-refractivity contribution is -0.141. The molecule has 0 aliphatic carbocycles. The van der Waals surface area contributed by atoms with Crippen molar-refractivity contribution in [3.8, 4) is 0 Å². The number of hydrogen-bond acceptors (Lipinski definition) is 4. The first-order chi connectivity index (χ1) is 12.5. The third-order valence-corrected chi connectivity index (χ3v) is 4.52. The molecule has 2 aromatic rings. The number of carbonyl (C=O) groups excluding carboxylic acids is 1. The number of carbonyl (C=O) groups is 2. The Morgan fingerprint density at radius 3 is 2.50 bits per heavy atom. The number of likely N-dealkylation sites (tertiary alicyclic amines) is 1. The van der Waals surface area contributed by atoms with Gasteiger partial charge in [-0.1, -0.05) is 30.3 Å². The summed E-state index contributed by atoms with van der Waals surface area (Å²) < 4.78 is 2.26. The number of hydrogen-bond donors (Lipinski definition) is 1. The van der Waals surface area contributed by atoms with Crippen molar-refractivity contribution in [3.63, 3.8) is 0 Å². The molecule has 0 spiro atoms. The molecule has 1 aromatic heterocycles. The molecule has 136 valence electrons. The zero-order valence-electron chi connectivity index (χ0n) is 14.1. The highest BCUT2D eigenvalue weighted by atomic mass is 16.4. The van der Waals surface area contributed by atoms with Gasteiger partial charge in [0, 0.05) is 25.4 Å². The molecule has 1 amide bonds. The van der Waals surface area contributed by atoms with E-state index < -0.39 is 29.0 Å². The van der Waals surface area contributed by atoms with Gasteiger partial charge in [-0.15, -0.1) is 0 Å². The molecular weight excluding hydrogens is 338 g/mol. The molecule has 0 saturated carbocycles. The van der Waals surface area contributed by atoms with Crippen LogP contribution in [-0.4, -0.2) is 44.1 Å². The van der Waals surface area contributed by atoms with Crippen LogP contribution in [0.5, 0.6) is 0 Å². The summed E-state index contributed by atoms with van der Waals surface area (Å²) in [5, 5.41) is 9.02. The lowest BCUT2D eigenvalue weighted by Crippen LogP contribution is -2.44. The maximum atomic E-state index is 12.6. The molecule has 1 atom stereocenters. The van der Waals surface area contributed by atoms with Gasteiger partial charge in [0.05, 0.1) is 12.5 Å². The van der Waals surface area contributed by atoms with Gasteiger partial charge in [0.15, 0.2) is 0 Å². The fraction of sp³-hybridized carbons (Fsp3) is 0.333. The summed E-state index contributed by atoms with van der Waals surface area (Å²) in [7, 11) is 0. The van der Waals surface area contributed by atoms with Crippen LogP contribution in [0.15, 0.2) is 52.2 Å². The smallest absolute Gasteiger partial charge is 0.331 e. The molecule has 1 N–H and O–H groups in total. The molecule has 2 heterocycles. The fourth-order valence-electron chi connectivity index (χ4n) is 3.03. The van der Waals surface area contributed by atoms with Gasteiger partial charge in [-0.25, -0.2) is 4.79 Å². The molecule has 0 bridgehead atoms. The summed E-state index contributed by atoms with van der Waals surface area (Å²) in [5.74, 6) is -1.96. The number of rotatable bonds is 5. The van der Waals surface area contributed by atoms with Crippen molar-refractivity contribution in [1.82, 2.24) is 14.0 Å². The van der Waals surface area contributed by atoms with Crippen LogP contribution >= 0.6 is 0 Å². The predicted octanol–water partition coefficient (Wildman–Crippen LogP) is -0.00860. The zero-order valence-corrected chi connectivity index (χ0v) is 14.1. The molecule has 3 rings (SSSR count). The van der Waals surface area contributed by atoms with Gasteiger partial charge in [0.25, 0.3) is 5.56 Å². The van der Waals surface area contributed by atoms with E-state index in [2.05, 4.69) is 0 Å². The maximum Gasteiger partial charge on any atom is 0.331 e. The Kier molecular flexibility index (Phi) is 5.01. The lowest BCUT2D eigenvalue weighted by atomic mass is 10.1. The Morgan fingerprint density at radius 1 is 1.12 bits per heavy atom. The molecule has 1 saturated heterocycles. The van der Waals surface area contributed by atoms with E-state index in [9.17, 15) is 19.2 Å². The summed E-state index contributed by atoms with van der Waals surface area (Å²) in [6, 6.07) is 10.6. The molecule has 1 aromatic carbocycles. The molecular formula is C18H19N3O5. The van der Waals surface area contributed by atoms with E-state index in [-0.39, 0.29) is 13.1 Å². The Morgan fingerprint density at radius 2 is 1.85 bits per heavy atom. The molecule has 1 fully saturated rings. The minimum Gasteiger partial charge on any atom is -0.481 e. The van der Waals surface area contributed by atoms with E-state index in [0.29, 0.717) is 19.5 Å². The second kappa shape index (κ2) is 7.38. The molecule has 26 heavy (non-hydrogen) atoms. The molecule has 0 radical (unpaired) electrons. The first-order valence-corrected chi connectivity index (χ1v) is 8.30. The van der Waals surface area contributed by atoms with Crippen LogP contribution in [0, 0.1) is 5.92 Å². The van der Waals surface area contributed by atoms with E-state index in [0.717, 1.165) is 10.1 Å². The van der Waals surface area contributed by atoms with Crippen molar-refractivity contribution in [1.29, 1.82) is 0 Å².